The summed E-state index contributed by atoms with van der Waals surface area (Å²) in [6.45, 7) is 9.51. The molecule has 6 nitrogen and oxygen atoms in total. The minimum absolute atomic E-state index is 0.113. The molecule has 2 saturated heterocycles. The van der Waals surface area contributed by atoms with E-state index in [9.17, 15) is 0 Å². The molecule has 7 heteroatoms. The standard InChI is InChI=1S/C24H42N2O4S/c1-5-6-7-8-9-10-11-12-13-14-15-27-20-19(16-25-23-26-18(2)17-31-23)28-22-21(20)29-24(3,4)30-22/h17,19-22H,5-16H2,1-4H3,(H,25,26)/t19-,20-,21-,22-/m1/s1. The molecule has 4 atom stereocenters. The largest absolute Gasteiger partial charge is 0.373 e. The first kappa shape index (κ1) is 24.9. The first-order chi connectivity index (χ1) is 15.0. The predicted octanol–water partition coefficient (Wildman–Crippen LogP) is 6.05. The first-order valence-corrected chi connectivity index (χ1v) is 13.1. The van der Waals surface area contributed by atoms with Crippen molar-refractivity contribution in [3.05, 3.63) is 11.1 Å². The lowest BCUT2D eigenvalue weighted by atomic mass is 10.1. The van der Waals surface area contributed by atoms with Crippen LogP contribution in [0.1, 0.15) is 90.7 Å². The van der Waals surface area contributed by atoms with Crippen LogP contribution in [-0.2, 0) is 18.9 Å². The van der Waals surface area contributed by atoms with Crippen molar-refractivity contribution in [3.8, 4) is 0 Å². The van der Waals surface area contributed by atoms with Crippen molar-refractivity contribution in [2.24, 2.45) is 0 Å². The quantitative estimate of drug-likeness (QED) is 0.326. The van der Waals surface area contributed by atoms with Crippen molar-refractivity contribution in [2.45, 2.75) is 122 Å². The van der Waals surface area contributed by atoms with E-state index in [1.807, 2.05) is 26.2 Å². The molecule has 0 aliphatic carbocycles. The molecule has 1 N–H and O–H groups in total. The Kier molecular flexibility index (Phi) is 10.0. The number of fused-ring (bicyclic) bond motifs is 1. The van der Waals surface area contributed by atoms with E-state index in [2.05, 4.69) is 17.2 Å². The Bertz CT molecular complexity index is 639. The number of thiazole rings is 1. The van der Waals surface area contributed by atoms with Gasteiger partial charge in [-0.1, -0.05) is 64.7 Å². The minimum atomic E-state index is -0.626. The molecule has 0 bridgehead atoms. The maximum absolute atomic E-state index is 6.30. The van der Waals surface area contributed by atoms with E-state index in [1.54, 1.807) is 11.3 Å². The molecule has 178 valence electrons. The molecule has 0 unspecified atom stereocenters. The van der Waals surface area contributed by atoms with Crippen LogP contribution in [0.5, 0.6) is 0 Å². The van der Waals surface area contributed by atoms with Gasteiger partial charge in [-0.25, -0.2) is 4.98 Å². The molecule has 0 radical (unpaired) electrons. The summed E-state index contributed by atoms with van der Waals surface area (Å²) in [7, 11) is 0. The monoisotopic (exact) mass is 454 g/mol. The summed E-state index contributed by atoms with van der Waals surface area (Å²) >= 11 is 1.61. The number of hydrogen-bond acceptors (Lipinski definition) is 7. The third kappa shape index (κ3) is 7.97. The Morgan fingerprint density at radius 1 is 1.03 bits per heavy atom. The zero-order valence-corrected chi connectivity index (χ0v) is 20.7. The van der Waals surface area contributed by atoms with E-state index in [-0.39, 0.29) is 24.6 Å². The van der Waals surface area contributed by atoms with Gasteiger partial charge in [-0.05, 0) is 27.2 Å². The van der Waals surface area contributed by atoms with E-state index in [0.29, 0.717) is 6.54 Å². The first-order valence-electron chi connectivity index (χ1n) is 12.3. The molecule has 0 saturated carbocycles. The second-order valence-corrected chi connectivity index (χ2v) is 10.2. The van der Waals surface area contributed by atoms with Gasteiger partial charge >= 0.3 is 0 Å². The predicted molar refractivity (Wildman–Crippen MR) is 126 cm³/mol. The molecule has 1 aromatic rings. The van der Waals surface area contributed by atoms with Crippen molar-refractivity contribution in [1.29, 1.82) is 0 Å². The van der Waals surface area contributed by atoms with Gasteiger partial charge in [0.2, 0.25) is 0 Å². The maximum Gasteiger partial charge on any atom is 0.190 e. The van der Waals surface area contributed by atoms with Crippen molar-refractivity contribution in [1.82, 2.24) is 4.98 Å². The average molecular weight is 455 g/mol. The van der Waals surface area contributed by atoms with Crippen LogP contribution in [0.25, 0.3) is 0 Å². The lowest BCUT2D eigenvalue weighted by Crippen LogP contribution is -2.40. The molecule has 3 rings (SSSR count). The highest BCUT2D eigenvalue weighted by molar-refractivity contribution is 7.13. The second-order valence-electron chi connectivity index (χ2n) is 9.34. The van der Waals surface area contributed by atoms with Crippen LogP contribution in [0.3, 0.4) is 0 Å². The zero-order valence-electron chi connectivity index (χ0n) is 19.9. The van der Waals surface area contributed by atoms with Gasteiger partial charge in [-0.2, -0.15) is 0 Å². The van der Waals surface area contributed by atoms with E-state index >= 15 is 0 Å². The van der Waals surface area contributed by atoms with Gasteiger partial charge in [0.15, 0.2) is 17.2 Å². The lowest BCUT2D eigenvalue weighted by molar-refractivity contribution is -0.216. The maximum atomic E-state index is 6.30. The number of nitrogens with zero attached hydrogens (tertiary/aromatic N) is 1. The van der Waals surface area contributed by atoms with Gasteiger partial charge in [0.05, 0.1) is 5.69 Å². The van der Waals surface area contributed by atoms with Gasteiger partial charge in [0, 0.05) is 18.5 Å². The molecular formula is C24H42N2O4S. The Morgan fingerprint density at radius 2 is 1.71 bits per heavy atom. The van der Waals surface area contributed by atoms with Crippen LogP contribution >= 0.6 is 11.3 Å². The van der Waals surface area contributed by atoms with Crippen molar-refractivity contribution < 1.29 is 18.9 Å². The second kappa shape index (κ2) is 12.5. The third-order valence-corrected chi connectivity index (χ3v) is 6.89. The zero-order chi connectivity index (χ0) is 22.1. The molecule has 3 heterocycles. The number of nitrogens with one attached hydrogen (secondary N) is 1. The summed E-state index contributed by atoms with van der Waals surface area (Å²) in [5.41, 5.74) is 1.03. The number of rotatable bonds is 15. The van der Waals surface area contributed by atoms with E-state index in [4.69, 9.17) is 18.9 Å². The Morgan fingerprint density at radius 3 is 2.35 bits per heavy atom. The Labute approximate surface area is 192 Å². The highest BCUT2D eigenvalue weighted by Crippen LogP contribution is 2.39. The van der Waals surface area contributed by atoms with Gasteiger partial charge < -0.3 is 24.3 Å². The number of ether oxygens (including phenoxy) is 4. The van der Waals surface area contributed by atoms with Crippen LogP contribution in [0.2, 0.25) is 0 Å². The molecule has 2 fully saturated rings. The fourth-order valence-electron chi connectivity index (χ4n) is 4.34. The fraction of sp³-hybridized carbons (Fsp3) is 0.875. The van der Waals surface area contributed by atoms with Crippen molar-refractivity contribution in [2.75, 3.05) is 18.5 Å². The number of unbranched alkanes of at least 4 members (excludes halogenated alkanes) is 9. The number of anilines is 1. The molecule has 0 aromatic carbocycles. The third-order valence-electron chi connectivity index (χ3n) is 5.97. The molecule has 31 heavy (non-hydrogen) atoms. The SMILES string of the molecule is CCCCCCCCCCCCO[C@H]1[C@H]2OC(C)(C)O[C@H]2O[C@@H]1CNc1nc(C)cs1. The van der Waals surface area contributed by atoms with Gasteiger partial charge in [-0.3, -0.25) is 0 Å². The molecule has 0 amide bonds. The highest BCUT2D eigenvalue weighted by atomic mass is 32.1. The van der Waals surface area contributed by atoms with Crippen LogP contribution in [0, 0.1) is 6.92 Å². The average Bonchev–Trinajstić information content (AvgIpc) is 3.36. The summed E-state index contributed by atoms with van der Waals surface area (Å²) in [6.07, 6.45) is 12.4. The summed E-state index contributed by atoms with van der Waals surface area (Å²) < 4.78 is 24.5. The molecule has 2 aliphatic rings. The van der Waals surface area contributed by atoms with Crippen molar-refractivity contribution >= 4 is 16.5 Å². The van der Waals surface area contributed by atoms with E-state index in [1.165, 1.54) is 57.8 Å². The van der Waals surface area contributed by atoms with Crippen LogP contribution in [0.15, 0.2) is 5.38 Å². The summed E-state index contributed by atoms with van der Waals surface area (Å²) in [5, 5.41) is 6.33. The minimum Gasteiger partial charge on any atom is -0.373 e. The molecule has 1 aromatic heterocycles. The molecular weight excluding hydrogens is 412 g/mol. The highest BCUT2D eigenvalue weighted by Gasteiger charge is 2.55. The number of aromatic nitrogens is 1. The van der Waals surface area contributed by atoms with Crippen molar-refractivity contribution in [3.63, 3.8) is 0 Å². The topological polar surface area (TPSA) is 61.8 Å². The smallest absolute Gasteiger partial charge is 0.190 e. The summed E-state index contributed by atoms with van der Waals surface area (Å²) in [5.74, 6) is -0.626. The molecule has 2 aliphatic heterocycles. The van der Waals surface area contributed by atoms with Crippen LogP contribution < -0.4 is 5.32 Å². The van der Waals surface area contributed by atoms with Crippen LogP contribution in [-0.4, -0.2) is 48.5 Å². The fourth-order valence-corrected chi connectivity index (χ4v) is 5.04. The van der Waals surface area contributed by atoms with Gasteiger partial charge in [0.1, 0.15) is 18.3 Å². The summed E-state index contributed by atoms with van der Waals surface area (Å²) in [4.78, 5) is 4.47. The number of hydrogen-bond donors (Lipinski definition) is 1. The molecule has 0 spiro atoms. The van der Waals surface area contributed by atoms with Gasteiger partial charge in [0.25, 0.3) is 0 Å². The van der Waals surface area contributed by atoms with E-state index in [0.717, 1.165) is 23.9 Å². The summed E-state index contributed by atoms with van der Waals surface area (Å²) in [6, 6.07) is 0. The van der Waals surface area contributed by atoms with Crippen LogP contribution in [0.4, 0.5) is 5.13 Å². The van der Waals surface area contributed by atoms with E-state index < -0.39 is 5.79 Å². The van der Waals surface area contributed by atoms with Gasteiger partial charge in [-0.15, -0.1) is 11.3 Å². The lowest BCUT2D eigenvalue weighted by Gasteiger charge is -2.26. The Hall–Kier alpha value is -0.730. The normalized spacial score (nSPS) is 27.0. The Balaban J connectivity index is 1.35. The number of aryl methyl sites for hydroxylation is 1.